The van der Waals surface area contributed by atoms with Gasteiger partial charge in [0.1, 0.15) is 5.01 Å². The first-order chi connectivity index (χ1) is 9.44. The number of aliphatic hydroxyl groups is 1. The Bertz CT molecular complexity index is 700. The van der Waals surface area contributed by atoms with Crippen molar-refractivity contribution in [2.24, 2.45) is 0 Å². The molecule has 2 N–H and O–H groups in total. The number of nitrogens with one attached hydrogen (secondary N) is 1. The second kappa shape index (κ2) is 6.31. The summed E-state index contributed by atoms with van der Waals surface area (Å²) in [5, 5.41) is 11.7. The summed E-state index contributed by atoms with van der Waals surface area (Å²) < 4.78 is 27.7. The first kappa shape index (κ1) is 15.6. The predicted octanol–water partition coefficient (Wildman–Crippen LogP) is 2.18. The van der Waals surface area contributed by atoms with Crippen LogP contribution in [0.2, 0.25) is 0 Å². The SMILES string of the molecule is Cc1cc(CO)cc(S(=O)(=O)NCc2nccs2)c1Br. The van der Waals surface area contributed by atoms with Crippen LogP contribution in [0.25, 0.3) is 0 Å². The highest BCUT2D eigenvalue weighted by molar-refractivity contribution is 9.10. The first-order valence-electron chi connectivity index (χ1n) is 5.72. The molecule has 2 rings (SSSR count). The second-order valence-electron chi connectivity index (χ2n) is 4.13. The van der Waals surface area contributed by atoms with E-state index in [1.54, 1.807) is 24.6 Å². The van der Waals surface area contributed by atoms with Crippen LogP contribution in [0.1, 0.15) is 16.1 Å². The van der Waals surface area contributed by atoms with Gasteiger partial charge in [-0.3, -0.25) is 0 Å². The zero-order valence-corrected chi connectivity index (χ0v) is 13.8. The van der Waals surface area contributed by atoms with Gasteiger partial charge >= 0.3 is 0 Å². The molecule has 0 fully saturated rings. The fourth-order valence-electron chi connectivity index (χ4n) is 1.67. The average molecular weight is 377 g/mol. The smallest absolute Gasteiger partial charge is 0.242 e. The number of thiazole rings is 1. The number of nitrogens with zero attached hydrogens (tertiary/aromatic N) is 1. The van der Waals surface area contributed by atoms with Gasteiger partial charge in [-0.25, -0.2) is 18.1 Å². The number of sulfonamides is 1. The lowest BCUT2D eigenvalue weighted by Crippen LogP contribution is -2.24. The Morgan fingerprint density at radius 2 is 2.20 bits per heavy atom. The minimum absolute atomic E-state index is 0.123. The minimum Gasteiger partial charge on any atom is -0.392 e. The van der Waals surface area contributed by atoms with Crippen molar-refractivity contribution in [3.63, 3.8) is 0 Å². The van der Waals surface area contributed by atoms with Gasteiger partial charge in [0.15, 0.2) is 0 Å². The lowest BCUT2D eigenvalue weighted by molar-refractivity contribution is 0.281. The third-order valence-corrected chi connectivity index (χ3v) is 6.17. The molecule has 2 aromatic rings. The number of aromatic nitrogens is 1. The standard InChI is InChI=1S/C12H13BrN2O3S2/c1-8-4-9(7-16)5-10(12(8)13)20(17,18)15-6-11-14-2-3-19-11/h2-5,15-16H,6-7H2,1H3. The molecule has 1 aromatic heterocycles. The van der Waals surface area contributed by atoms with E-state index in [2.05, 4.69) is 25.6 Å². The van der Waals surface area contributed by atoms with Crippen LogP contribution in [0, 0.1) is 6.92 Å². The molecule has 1 aromatic carbocycles. The molecule has 5 nitrogen and oxygen atoms in total. The maximum Gasteiger partial charge on any atom is 0.242 e. The molecule has 0 aliphatic carbocycles. The monoisotopic (exact) mass is 376 g/mol. The van der Waals surface area contributed by atoms with Crippen molar-refractivity contribution in [3.8, 4) is 0 Å². The quantitative estimate of drug-likeness (QED) is 0.837. The minimum atomic E-state index is -3.66. The van der Waals surface area contributed by atoms with Crippen molar-refractivity contribution in [2.45, 2.75) is 25.0 Å². The van der Waals surface area contributed by atoms with E-state index in [1.165, 1.54) is 17.4 Å². The van der Waals surface area contributed by atoms with Gasteiger partial charge in [0, 0.05) is 16.0 Å². The van der Waals surface area contributed by atoms with E-state index in [0.29, 0.717) is 15.0 Å². The number of benzene rings is 1. The van der Waals surface area contributed by atoms with E-state index in [0.717, 1.165) is 5.56 Å². The molecule has 0 aliphatic rings. The van der Waals surface area contributed by atoms with Crippen LogP contribution >= 0.6 is 27.3 Å². The first-order valence-corrected chi connectivity index (χ1v) is 8.87. The van der Waals surface area contributed by atoms with Gasteiger partial charge < -0.3 is 5.11 Å². The maximum atomic E-state index is 12.3. The Morgan fingerprint density at radius 3 is 2.80 bits per heavy atom. The Morgan fingerprint density at radius 1 is 1.45 bits per heavy atom. The van der Waals surface area contributed by atoms with E-state index in [9.17, 15) is 13.5 Å². The molecule has 0 saturated heterocycles. The molecule has 0 saturated carbocycles. The normalized spacial score (nSPS) is 11.8. The summed E-state index contributed by atoms with van der Waals surface area (Å²) in [6, 6.07) is 3.20. The molecule has 8 heteroatoms. The van der Waals surface area contributed by atoms with Gasteiger partial charge in [0.25, 0.3) is 0 Å². The van der Waals surface area contributed by atoms with Crippen molar-refractivity contribution in [1.29, 1.82) is 0 Å². The van der Waals surface area contributed by atoms with E-state index in [-0.39, 0.29) is 18.0 Å². The lowest BCUT2D eigenvalue weighted by Gasteiger charge is -2.11. The fourth-order valence-corrected chi connectivity index (χ4v) is 4.37. The molecule has 0 aliphatic heterocycles. The molecule has 0 atom stereocenters. The van der Waals surface area contributed by atoms with E-state index >= 15 is 0 Å². The van der Waals surface area contributed by atoms with Crippen molar-refractivity contribution in [1.82, 2.24) is 9.71 Å². The van der Waals surface area contributed by atoms with Crippen LogP contribution < -0.4 is 4.72 Å². The van der Waals surface area contributed by atoms with Crippen LogP contribution in [0.15, 0.2) is 33.1 Å². The zero-order chi connectivity index (χ0) is 14.8. The van der Waals surface area contributed by atoms with Crippen LogP contribution in [0.3, 0.4) is 0 Å². The third-order valence-electron chi connectivity index (χ3n) is 2.65. The van der Waals surface area contributed by atoms with Crippen LogP contribution in [-0.2, 0) is 23.2 Å². The summed E-state index contributed by atoms with van der Waals surface area (Å²) in [5.41, 5.74) is 1.31. The molecule has 0 amide bonds. The highest BCUT2D eigenvalue weighted by atomic mass is 79.9. The number of aliphatic hydroxyl groups excluding tert-OH is 1. The molecule has 0 unspecified atom stereocenters. The summed E-state index contributed by atoms with van der Waals surface area (Å²) in [6.45, 7) is 1.72. The number of rotatable bonds is 5. The lowest BCUT2D eigenvalue weighted by atomic mass is 10.1. The molecule has 0 bridgehead atoms. The Labute approximate surface area is 129 Å². The largest absolute Gasteiger partial charge is 0.392 e. The van der Waals surface area contributed by atoms with Crippen molar-refractivity contribution >= 4 is 37.3 Å². The molecule has 1 heterocycles. The van der Waals surface area contributed by atoms with Gasteiger partial charge in [-0.2, -0.15) is 0 Å². The third kappa shape index (κ3) is 3.44. The van der Waals surface area contributed by atoms with E-state index < -0.39 is 10.0 Å². The Kier molecular flexibility index (Phi) is 4.92. The van der Waals surface area contributed by atoms with E-state index in [4.69, 9.17) is 0 Å². The summed E-state index contributed by atoms with van der Waals surface area (Å²) in [7, 11) is -3.66. The fraction of sp³-hybridized carbons (Fsp3) is 0.250. The van der Waals surface area contributed by atoms with Gasteiger partial charge in [-0.1, -0.05) is 6.07 Å². The molecule has 0 spiro atoms. The average Bonchev–Trinajstić information content (AvgIpc) is 2.92. The van der Waals surface area contributed by atoms with Crippen LogP contribution in [0.5, 0.6) is 0 Å². The van der Waals surface area contributed by atoms with Crippen LogP contribution in [-0.4, -0.2) is 18.5 Å². The molecule has 0 radical (unpaired) electrons. The highest BCUT2D eigenvalue weighted by Crippen LogP contribution is 2.27. The van der Waals surface area contributed by atoms with Crippen molar-refractivity contribution in [3.05, 3.63) is 44.3 Å². The van der Waals surface area contributed by atoms with Crippen LogP contribution in [0.4, 0.5) is 0 Å². The number of hydrogen-bond acceptors (Lipinski definition) is 5. The zero-order valence-electron chi connectivity index (χ0n) is 10.6. The van der Waals surface area contributed by atoms with E-state index in [1.807, 2.05) is 0 Å². The van der Waals surface area contributed by atoms with Gasteiger partial charge in [-0.15, -0.1) is 11.3 Å². The molecular weight excluding hydrogens is 364 g/mol. The summed E-state index contributed by atoms with van der Waals surface area (Å²) >= 11 is 4.67. The topological polar surface area (TPSA) is 79.3 Å². The number of hydrogen-bond donors (Lipinski definition) is 2. The highest BCUT2D eigenvalue weighted by Gasteiger charge is 2.20. The van der Waals surface area contributed by atoms with Crippen molar-refractivity contribution in [2.75, 3.05) is 0 Å². The molecule has 20 heavy (non-hydrogen) atoms. The predicted molar refractivity (Wildman–Crippen MR) is 80.9 cm³/mol. The molecular formula is C12H13BrN2O3S2. The van der Waals surface area contributed by atoms with Gasteiger partial charge in [0.05, 0.1) is 18.0 Å². The summed E-state index contributed by atoms with van der Waals surface area (Å²) in [6.07, 6.45) is 1.63. The number of halogens is 1. The second-order valence-corrected chi connectivity index (χ2v) is 7.64. The summed E-state index contributed by atoms with van der Waals surface area (Å²) in [4.78, 5) is 4.15. The Hall–Kier alpha value is -0.800. The number of aryl methyl sites for hydroxylation is 1. The summed E-state index contributed by atoms with van der Waals surface area (Å²) in [5.74, 6) is 0. The molecule has 108 valence electrons. The Balaban J connectivity index is 2.31. The van der Waals surface area contributed by atoms with Crippen molar-refractivity contribution < 1.29 is 13.5 Å². The van der Waals surface area contributed by atoms with Gasteiger partial charge in [-0.05, 0) is 40.0 Å². The van der Waals surface area contributed by atoms with Gasteiger partial charge in [0.2, 0.25) is 10.0 Å². The maximum absolute atomic E-state index is 12.3.